The smallest absolute Gasteiger partial charge is 0.317 e. The molecule has 2 rings (SSSR count). The van der Waals surface area contributed by atoms with E-state index in [0.29, 0.717) is 5.56 Å². The Kier molecular flexibility index (Phi) is 4.60. The minimum absolute atomic E-state index is 0.0376. The molecule has 1 aliphatic rings. The molecule has 8 heteroatoms. The highest BCUT2D eigenvalue weighted by Crippen LogP contribution is 2.37. The maximum Gasteiger partial charge on any atom is 0.317 e. The summed E-state index contributed by atoms with van der Waals surface area (Å²) in [6, 6.07) is 5.97. The van der Waals surface area contributed by atoms with Crippen LogP contribution in [-0.2, 0) is 9.53 Å². The van der Waals surface area contributed by atoms with Gasteiger partial charge in [0.25, 0.3) is 6.43 Å². The highest BCUT2D eigenvalue weighted by atomic mass is 19.3. The van der Waals surface area contributed by atoms with Crippen LogP contribution in [-0.4, -0.2) is 35.9 Å². The highest BCUT2D eigenvalue weighted by Gasteiger charge is 2.58. The SMILES string of the molecule is CCOC(=O)[C@H]1[C@@H](c2ccccc2)NC(=O)N[C@]1(O)C(F)F. The number of aliphatic hydroxyl groups is 1. The lowest BCUT2D eigenvalue weighted by Crippen LogP contribution is -2.70. The topological polar surface area (TPSA) is 87.7 Å². The second-order valence-corrected chi connectivity index (χ2v) is 4.84. The molecule has 0 aromatic heterocycles. The summed E-state index contributed by atoms with van der Waals surface area (Å²) in [5, 5.41) is 14.3. The van der Waals surface area contributed by atoms with Crippen LogP contribution in [0.4, 0.5) is 13.6 Å². The molecule has 1 aromatic carbocycles. The Morgan fingerprint density at radius 2 is 2.05 bits per heavy atom. The molecule has 0 unspecified atom stereocenters. The van der Waals surface area contributed by atoms with Gasteiger partial charge in [0.15, 0.2) is 0 Å². The van der Waals surface area contributed by atoms with E-state index < -0.39 is 36.1 Å². The van der Waals surface area contributed by atoms with Crippen LogP contribution in [0.3, 0.4) is 0 Å². The number of alkyl halides is 2. The van der Waals surface area contributed by atoms with Gasteiger partial charge in [-0.1, -0.05) is 30.3 Å². The van der Waals surface area contributed by atoms with Crippen LogP contribution < -0.4 is 10.6 Å². The number of carbonyl (C=O) groups is 2. The Labute approximate surface area is 125 Å². The largest absolute Gasteiger partial charge is 0.466 e. The number of hydrogen-bond acceptors (Lipinski definition) is 4. The highest BCUT2D eigenvalue weighted by molar-refractivity contribution is 5.83. The first-order valence-corrected chi connectivity index (χ1v) is 6.71. The van der Waals surface area contributed by atoms with Crippen LogP contribution in [0, 0.1) is 5.92 Å². The van der Waals surface area contributed by atoms with E-state index in [2.05, 4.69) is 5.32 Å². The van der Waals surface area contributed by atoms with Crippen LogP contribution in [0.1, 0.15) is 18.5 Å². The van der Waals surface area contributed by atoms with Crippen molar-refractivity contribution in [3.8, 4) is 0 Å². The van der Waals surface area contributed by atoms with Gasteiger partial charge in [-0.25, -0.2) is 13.6 Å². The fourth-order valence-electron chi connectivity index (χ4n) is 2.45. The Morgan fingerprint density at radius 3 is 2.59 bits per heavy atom. The summed E-state index contributed by atoms with van der Waals surface area (Å²) in [7, 11) is 0. The van der Waals surface area contributed by atoms with Crippen LogP contribution in [0.5, 0.6) is 0 Å². The number of benzene rings is 1. The van der Waals surface area contributed by atoms with Crippen molar-refractivity contribution in [3.63, 3.8) is 0 Å². The quantitative estimate of drug-likeness (QED) is 0.728. The van der Waals surface area contributed by atoms with Crippen LogP contribution >= 0.6 is 0 Å². The van der Waals surface area contributed by atoms with E-state index in [0.717, 1.165) is 0 Å². The summed E-state index contributed by atoms with van der Waals surface area (Å²) in [5.41, 5.74) is -2.59. The molecule has 6 nitrogen and oxygen atoms in total. The number of carbonyl (C=O) groups excluding carboxylic acids is 2. The van der Waals surface area contributed by atoms with Gasteiger partial charge >= 0.3 is 12.0 Å². The molecule has 1 aromatic rings. The van der Waals surface area contributed by atoms with Crippen molar-refractivity contribution in [3.05, 3.63) is 35.9 Å². The second-order valence-electron chi connectivity index (χ2n) is 4.84. The molecule has 3 N–H and O–H groups in total. The lowest BCUT2D eigenvalue weighted by molar-refractivity contribution is -0.189. The molecule has 3 atom stereocenters. The van der Waals surface area contributed by atoms with Gasteiger partial charge in [0, 0.05) is 0 Å². The molecule has 1 heterocycles. The number of esters is 1. The third-order valence-electron chi connectivity index (χ3n) is 3.44. The van der Waals surface area contributed by atoms with E-state index in [1.807, 2.05) is 0 Å². The van der Waals surface area contributed by atoms with Crippen LogP contribution in [0.15, 0.2) is 30.3 Å². The van der Waals surface area contributed by atoms with E-state index in [9.17, 15) is 23.5 Å². The lowest BCUT2D eigenvalue weighted by atomic mass is 9.82. The second kappa shape index (κ2) is 6.27. The molecule has 22 heavy (non-hydrogen) atoms. The average molecular weight is 314 g/mol. The number of amides is 2. The van der Waals surface area contributed by atoms with Gasteiger partial charge in [-0.2, -0.15) is 0 Å². The van der Waals surface area contributed by atoms with Crippen LogP contribution in [0.25, 0.3) is 0 Å². The number of halogens is 2. The first-order valence-electron chi connectivity index (χ1n) is 6.71. The zero-order valence-corrected chi connectivity index (χ0v) is 11.8. The van der Waals surface area contributed by atoms with E-state index in [4.69, 9.17) is 4.74 Å². The molecule has 120 valence electrons. The predicted molar refractivity (Wildman–Crippen MR) is 71.9 cm³/mol. The van der Waals surface area contributed by atoms with Crippen molar-refractivity contribution in [2.24, 2.45) is 5.92 Å². The summed E-state index contributed by atoms with van der Waals surface area (Å²) in [5.74, 6) is -2.71. The van der Waals surface area contributed by atoms with Gasteiger partial charge in [-0.05, 0) is 12.5 Å². The molecular weight excluding hydrogens is 298 g/mol. The first kappa shape index (κ1) is 16.2. The maximum atomic E-state index is 13.3. The minimum atomic E-state index is -3.36. The molecule has 0 saturated carbocycles. The van der Waals surface area contributed by atoms with Gasteiger partial charge in [0.1, 0.15) is 5.92 Å². The number of urea groups is 1. The molecule has 2 amide bonds. The van der Waals surface area contributed by atoms with Gasteiger partial charge < -0.3 is 20.5 Å². The third kappa shape index (κ3) is 2.87. The van der Waals surface area contributed by atoms with Crippen molar-refractivity contribution >= 4 is 12.0 Å². The standard InChI is InChI=1S/C14H16F2N2O4/c1-2-22-11(19)9-10(8-6-4-3-5-7-8)17-13(20)18-14(9,21)12(15)16/h3-7,9-10,12,21H,2H2,1H3,(H2,17,18,20)/t9-,10-,14-/m1/s1. The van der Waals surface area contributed by atoms with Gasteiger partial charge in [-0.3, -0.25) is 4.79 Å². The summed E-state index contributed by atoms with van der Waals surface area (Å²) in [6.45, 7) is 1.48. The zero-order valence-electron chi connectivity index (χ0n) is 11.8. The summed E-state index contributed by atoms with van der Waals surface area (Å²) < 4.78 is 31.4. The maximum absolute atomic E-state index is 13.3. The normalized spacial score (nSPS) is 28.0. The molecular formula is C14H16F2N2O4. The number of nitrogens with one attached hydrogen (secondary N) is 2. The number of rotatable bonds is 4. The van der Waals surface area contributed by atoms with E-state index in [-0.39, 0.29) is 6.61 Å². The Bertz CT molecular complexity index is 555. The van der Waals surface area contributed by atoms with Gasteiger partial charge in [0.05, 0.1) is 12.6 Å². The summed E-state index contributed by atoms with van der Waals surface area (Å²) in [4.78, 5) is 23.7. The predicted octanol–water partition coefficient (Wildman–Crippen LogP) is 1.17. The first-order chi connectivity index (χ1) is 10.4. The molecule has 0 bridgehead atoms. The van der Waals surface area contributed by atoms with Crippen molar-refractivity contribution < 1.29 is 28.2 Å². The van der Waals surface area contributed by atoms with E-state index >= 15 is 0 Å². The van der Waals surface area contributed by atoms with Crippen molar-refractivity contribution in [1.29, 1.82) is 0 Å². The minimum Gasteiger partial charge on any atom is -0.466 e. The fraction of sp³-hybridized carbons (Fsp3) is 0.429. The number of ether oxygens (including phenoxy) is 1. The molecule has 1 aliphatic heterocycles. The van der Waals surface area contributed by atoms with E-state index in [1.165, 1.54) is 6.92 Å². The average Bonchev–Trinajstić information content (AvgIpc) is 2.47. The monoisotopic (exact) mass is 314 g/mol. The Balaban J connectivity index is 2.48. The molecule has 0 aliphatic carbocycles. The van der Waals surface area contributed by atoms with Gasteiger partial charge in [-0.15, -0.1) is 0 Å². The van der Waals surface area contributed by atoms with Crippen molar-refractivity contribution in [2.45, 2.75) is 25.1 Å². The Morgan fingerprint density at radius 1 is 1.41 bits per heavy atom. The van der Waals surface area contributed by atoms with E-state index in [1.54, 1.807) is 35.6 Å². The summed E-state index contributed by atoms with van der Waals surface area (Å²) in [6.07, 6.45) is -3.36. The fourth-order valence-corrected chi connectivity index (χ4v) is 2.45. The zero-order chi connectivity index (χ0) is 16.3. The lowest BCUT2D eigenvalue weighted by Gasteiger charge is -2.43. The molecule has 1 saturated heterocycles. The van der Waals surface area contributed by atoms with Crippen LogP contribution in [0.2, 0.25) is 0 Å². The number of hydrogen-bond donors (Lipinski definition) is 3. The van der Waals surface area contributed by atoms with Crippen molar-refractivity contribution in [1.82, 2.24) is 10.6 Å². The summed E-state index contributed by atoms with van der Waals surface area (Å²) >= 11 is 0. The molecule has 0 radical (unpaired) electrons. The molecule has 0 spiro atoms. The molecule has 1 fully saturated rings. The Hall–Kier alpha value is -2.22. The van der Waals surface area contributed by atoms with Crippen molar-refractivity contribution in [2.75, 3.05) is 6.61 Å². The van der Waals surface area contributed by atoms with Gasteiger partial charge in [0.2, 0.25) is 5.72 Å². The third-order valence-corrected chi connectivity index (χ3v) is 3.44.